The number of carboxylic acid groups (broad SMARTS) is 1. The molecule has 0 aromatic carbocycles. The normalized spacial score (nSPS) is 12.4. The number of hydrogen-bond acceptors (Lipinski definition) is 5. The van der Waals surface area contributed by atoms with E-state index in [1.165, 1.54) is 4.68 Å². The van der Waals surface area contributed by atoms with Crippen molar-refractivity contribution in [3.05, 3.63) is 15.8 Å². The van der Waals surface area contributed by atoms with Crippen molar-refractivity contribution in [3.8, 4) is 0 Å². The number of nitrogens with one attached hydrogen (secondary N) is 1. The molecule has 0 aliphatic carbocycles. The van der Waals surface area contributed by atoms with Crippen LogP contribution in [0.1, 0.15) is 32.9 Å². The Kier molecular flexibility index (Phi) is 5.06. The summed E-state index contributed by atoms with van der Waals surface area (Å²) in [5.41, 5.74) is 0.115. The third-order valence-electron chi connectivity index (χ3n) is 2.94. The molecule has 2 N–H and O–H groups in total. The SMILES string of the molecule is CCCn1nc(C)c([N+](=O)[O-])c1NC(C(=O)O)C(C)C. The molecule has 1 heterocycles. The molecular formula is C12H20N4O4. The minimum absolute atomic E-state index is 0.162. The molecule has 1 atom stereocenters. The molecular weight excluding hydrogens is 264 g/mol. The molecule has 0 aliphatic rings. The topological polar surface area (TPSA) is 110 Å². The Morgan fingerprint density at radius 3 is 2.55 bits per heavy atom. The van der Waals surface area contributed by atoms with E-state index in [2.05, 4.69) is 10.4 Å². The predicted octanol–water partition coefficient (Wildman–Crippen LogP) is 2.03. The average molecular weight is 284 g/mol. The number of anilines is 1. The summed E-state index contributed by atoms with van der Waals surface area (Å²) in [6.45, 7) is 7.43. The van der Waals surface area contributed by atoms with Crippen LogP contribution in [0, 0.1) is 23.0 Å². The van der Waals surface area contributed by atoms with Gasteiger partial charge in [-0.3, -0.25) is 10.1 Å². The van der Waals surface area contributed by atoms with Crippen molar-refractivity contribution in [3.63, 3.8) is 0 Å². The molecule has 1 rings (SSSR count). The monoisotopic (exact) mass is 284 g/mol. The van der Waals surface area contributed by atoms with E-state index in [1.54, 1.807) is 20.8 Å². The molecule has 1 aromatic heterocycles. The van der Waals surface area contributed by atoms with Crippen molar-refractivity contribution in [1.29, 1.82) is 0 Å². The van der Waals surface area contributed by atoms with E-state index in [9.17, 15) is 20.0 Å². The molecule has 112 valence electrons. The summed E-state index contributed by atoms with van der Waals surface area (Å²) in [6, 6.07) is -0.902. The van der Waals surface area contributed by atoms with Crippen molar-refractivity contribution >= 4 is 17.5 Å². The minimum Gasteiger partial charge on any atom is -0.480 e. The second-order valence-electron chi connectivity index (χ2n) is 4.97. The number of hydrogen-bond donors (Lipinski definition) is 2. The number of aryl methyl sites for hydroxylation is 2. The van der Waals surface area contributed by atoms with Crippen LogP contribution >= 0.6 is 0 Å². The molecule has 1 aromatic rings. The van der Waals surface area contributed by atoms with Gasteiger partial charge in [0.2, 0.25) is 5.82 Å². The third kappa shape index (κ3) is 3.25. The summed E-state index contributed by atoms with van der Waals surface area (Å²) >= 11 is 0. The molecule has 8 heteroatoms. The molecule has 1 unspecified atom stereocenters. The zero-order chi connectivity index (χ0) is 15.4. The predicted molar refractivity (Wildman–Crippen MR) is 73.8 cm³/mol. The molecule has 8 nitrogen and oxygen atoms in total. The largest absolute Gasteiger partial charge is 0.480 e. The van der Waals surface area contributed by atoms with Gasteiger partial charge in [0.25, 0.3) is 0 Å². The maximum Gasteiger partial charge on any atom is 0.333 e. The van der Waals surface area contributed by atoms with Crippen molar-refractivity contribution < 1.29 is 14.8 Å². The fourth-order valence-electron chi connectivity index (χ4n) is 1.97. The lowest BCUT2D eigenvalue weighted by atomic mass is 10.0. The van der Waals surface area contributed by atoms with Crippen LogP contribution in [0.15, 0.2) is 0 Å². The summed E-state index contributed by atoms with van der Waals surface area (Å²) in [5.74, 6) is -1.09. The first-order chi connectivity index (χ1) is 9.29. The highest BCUT2D eigenvalue weighted by molar-refractivity contribution is 5.78. The van der Waals surface area contributed by atoms with E-state index in [0.29, 0.717) is 6.54 Å². The van der Waals surface area contributed by atoms with Crippen LogP contribution in [0.5, 0.6) is 0 Å². The number of aliphatic carboxylic acids is 1. The number of nitrogens with zero attached hydrogens (tertiary/aromatic N) is 3. The summed E-state index contributed by atoms with van der Waals surface area (Å²) in [5, 5.41) is 27.2. The fourth-order valence-corrected chi connectivity index (χ4v) is 1.97. The minimum atomic E-state index is -1.05. The van der Waals surface area contributed by atoms with Gasteiger partial charge >= 0.3 is 11.7 Å². The van der Waals surface area contributed by atoms with Crippen LogP contribution in [-0.4, -0.2) is 31.8 Å². The van der Waals surface area contributed by atoms with Gasteiger partial charge in [-0.1, -0.05) is 20.8 Å². The molecule has 0 bridgehead atoms. The van der Waals surface area contributed by atoms with E-state index < -0.39 is 16.9 Å². The van der Waals surface area contributed by atoms with Gasteiger partial charge in [0.1, 0.15) is 11.7 Å². The summed E-state index contributed by atoms with van der Waals surface area (Å²) in [6.07, 6.45) is 0.742. The van der Waals surface area contributed by atoms with Gasteiger partial charge in [-0.2, -0.15) is 5.10 Å². The lowest BCUT2D eigenvalue weighted by molar-refractivity contribution is -0.384. The Morgan fingerprint density at radius 2 is 2.15 bits per heavy atom. The van der Waals surface area contributed by atoms with Crippen LogP contribution in [-0.2, 0) is 11.3 Å². The first-order valence-corrected chi connectivity index (χ1v) is 6.50. The van der Waals surface area contributed by atoms with Gasteiger partial charge in [-0.05, 0) is 19.3 Å². The standard InChI is InChI=1S/C12H20N4O4/c1-5-6-15-11(10(16(19)20)8(4)14-15)13-9(7(2)3)12(17)18/h7,9,13H,5-6H2,1-4H3,(H,17,18). The zero-order valence-corrected chi connectivity index (χ0v) is 12.1. The Bertz CT molecular complexity index is 510. The number of carbonyl (C=O) groups is 1. The lowest BCUT2D eigenvalue weighted by Gasteiger charge is -2.19. The van der Waals surface area contributed by atoms with E-state index >= 15 is 0 Å². The highest BCUT2D eigenvalue weighted by Gasteiger charge is 2.30. The van der Waals surface area contributed by atoms with Gasteiger partial charge < -0.3 is 10.4 Å². The molecule has 0 saturated carbocycles. The van der Waals surface area contributed by atoms with Gasteiger partial charge in [0.05, 0.1) is 4.92 Å². The van der Waals surface area contributed by atoms with E-state index in [-0.39, 0.29) is 23.1 Å². The van der Waals surface area contributed by atoms with Crippen LogP contribution < -0.4 is 5.32 Å². The summed E-state index contributed by atoms with van der Waals surface area (Å²) < 4.78 is 1.46. The van der Waals surface area contributed by atoms with Crippen LogP contribution in [0.2, 0.25) is 0 Å². The lowest BCUT2D eigenvalue weighted by Crippen LogP contribution is -2.35. The fraction of sp³-hybridized carbons (Fsp3) is 0.667. The Morgan fingerprint density at radius 1 is 1.55 bits per heavy atom. The number of aromatic nitrogens is 2. The molecule has 0 saturated heterocycles. The third-order valence-corrected chi connectivity index (χ3v) is 2.94. The summed E-state index contributed by atoms with van der Waals surface area (Å²) in [7, 11) is 0. The van der Waals surface area contributed by atoms with Gasteiger partial charge in [0, 0.05) is 6.54 Å². The van der Waals surface area contributed by atoms with E-state index in [0.717, 1.165) is 6.42 Å². The Balaban J connectivity index is 3.25. The Hall–Kier alpha value is -2.12. The Labute approximate surface area is 116 Å². The molecule has 0 amide bonds. The van der Waals surface area contributed by atoms with Gasteiger partial charge in [0.15, 0.2) is 0 Å². The highest BCUT2D eigenvalue weighted by Crippen LogP contribution is 2.29. The van der Waals surface area contributed by atoms with Crippen molar-refractivity contribution in [2.24, 2.45) is 5.92 Å². The molecule has 0 aliphatic heterocycles. The van der Waals surface area contributed by atoms with Crippen molar-refractivity contribution in [1.82, 2.24) is 9.78 Å². The first kappa shape index (κ1) is 15.9. The summed E-state index contributed by atoms with van der Waals surface area (Å²) in [4.78, 5) is 21.9. The van der Waals surface area contributed by atoms with Crippen LogP contribution in [0.3, 0.4) is 0 Å². The number of carboxylic acids is 1. The van der Waals surface area contributed by atoms with Crippen LogP contribution in [0.25, 0.3) is 0 Å². The quantitative estimate of drug-likeness (QED) is 0.585. The van der Waals surface area contributed by atoms with Crippen molar-refractivity contribution in [2.45, 2.75) is 46.7 Å². The molecule has 0 fully saturated rings. The maximum absolute atomic E-state index is 11.2. The molecule has 0 radical (unpaired) electrons. The molecule has 20 heavy (non-hydrogen) atoms. The smallest absolute Gasteiger partial charge is 0.333 e. The van der Waals surface area contributed by atoms with Gasteiger partial charge in [-0.25, -0.2) is 9.48 Å². The van der Waals surface area contributed by atoms with Crippen molar-refractivity contribution in [2.75, 3.05) is 5.32 Å². The number of nitro groups is 1. The van der Waals surface area contributed by atoms with Gasteiger partial charge in [-0.15, -0.1) is 0 Å². The molecule has 0 spiro atoms. The van der Waals surface area contributed by atoms with E-state index in [4.69, 9.17) is 0 Å². The first-order valence-electron chi connectivity index (χ1n) is 6.50. The second-order valence-corrected chi connectivity index (χ2v) is 4.97. The second kappa shape index (κ2) is 6.36. The number of rotatable bonds is 7. The van der Waals surface area contributed by atoms with Crippen LogP contribution in [0.4, 0.5) is 11.5 Å². The maximum atomic E-state index is 11.2. The average Bonchev–Trinajstić information content (AvgIpc) is 2.61. The zero-order valence-electron chi connectivity index (χ0n) is 12.1. The van der Waals surface area contributed by atoms with E-state index in [1.807, 2.05) is 6.92 Å². The highest BCUT2D eigenvalue weighted by atomic mass is 16.6.